The highest BCUT2D eigenvalue weighted by atomic mass is 32.1. The van der Waals surface area contributed by atoms with Gasteiger partial charge in [-0.25, -0.2) is 0 Å². The van der Waals surface area contributed by atoms with E-state index in [2.05, 4.69) is 10.1 Å². The van der Waals surface area contributed by atoms with E-state index in [0.717, 1.165) is 22.4 Å². The molecular formula is C21H19F2NO3S. The normalized spacial score (nSPS) is 10.8. The maximum atomic E-state index is 12.4. The number of aryl methyl sites for hydroxylation is 2. The molecule has 3 aromatic rings. The van der Waals surface area contributed by atoms with Crippen LogP contribution in [0.5, 0.6) is 11.5 Å². The number of thiophene rings is 1. The van der Waals surface area contributed by atoms with Crippen LogP contribution in [0.4, 0.5) is 14.5 Å². The molecule has 0 saturated carbocycles. The van der Waals surface area contributed by atoms with Crippen LogP contribution in [-0.2, 0) is 6.61 Å². The summed E-state index contributed by atoms with van der Waals surface area (Å²) in [6, 6.07) is 13.5. The number of ether oxygens (including phenoxy) is 2. The summed E-state index contributed by atoms with van der Waals surface area (Å²) in [5.74, 6) is 0.617. The molecule has 0 unspecified atom stereocenters. The predicted molar refractivity (Wildman–Crippen MR) is 106 cm³/mol. The molecule has 0 fully saturated rings. The zero-order valence-corrected chi connectivity index (χ0v) is 16.2. The quantitative estimate of drug-likeness (QED) is 0.543. The Bertz CT molecular complexity index is 934. The van der Waals surface area contributed by atoms with E-state index >= 15 is 0 Å². The van der Waals surface area contributed by atoms with Gasteiger partial charge in [-0.05, 0) is 60.7 Å². The summed E-state index contributed by atoms with van der Waals surface area (Å²) < 4.78 is 34.5. The van der Waals surface area contributed by atoms with Crippen LogP contribution in [0.3, 0.4) is 0 Å². The van der Waals surface area contributed by atoms with Crippen LogP contribution in [0.15, 0.2) is 53.9 Å². The first-order valence-corrected chi connectivity index (χ1v) is 9.43. The van der Waals surface area contributed by atoms with Crippen LogP contribution < -0.4 is 14.8 Å². The first-order chi connectivity index (χ1) is 13.4. The van der Waals surface area contributed by atoms with E-state index in [1.165, 1.54) is 35.6 Å². The summed E-state index contributed by atoms with van der Waals surface area (Å²) in [6.07, 6.45) is 0. The molecule has 1 aromatic heterocycles. The van der Waals surface area contributed by atoms with Crippen molar-refractivity contribution in [2.45, 2.75) is 27.1 Å². The number of para-hydroxylation sites is 1. The van der Waals surface area contributed by atoms with Crippen LogP contribution in [-0.4, -0.2) is 12.5 Å². The van der Waals surface area contributed by atoms with Gasteiger partial charge in [0.05, 0.1) is 4.88 Å². The second-order valence-electron chi connectivity index (χ2n) is 6.19. The molecule has 1 N–H and O–H groups in total. The summed E-state index contributed by atoms with van der Waals surface area (Å²) in [7, 11) is 0. The number of rotatable bonds is 7. The first kappa shape index (κ1) is 19.8. The monoisotopic (exact) mass is 403 g/mol. The standard InChI is InChI=1S/C21H19F2NO3S/c1-13-4-3-5-14(2)19(13)26-11-15-10-18(28-12-15)20(25)24-16-6-8-17(9-7-16)27-21(22)23/h3-10,12,21H,11H2,1-2H3,(H,24,25). The van der Waals surface area contributed by atoms with Crippen LogP contribution in [0.25, 0.3) is 0 Å². The van der Waals surface area contributed by atoms with Gasteiger partial charge in [0, 0.05) is 11.3 Å². The minimum absolute atomic E-state index is 0.0371. The zero-order valence-electron chi connectivity index (χ0n) is 15.4. The zero-order chi connectivity index (χ0) is 20.1. The van der Waals surface area contributed by atoms with Gasteiger partial charge in [-0.15, -0.1) is 11.3 Å². The van der Waals surface area contributed by atoms with Crippen LogP contribution in [0.2, 0.25) is 0 Å². The van der Waals surface area contributed by atoms with E-state index in [9.17, 15) is 13.6 Å². The van der Waals surface area contributed by atoms with E-state index in [0.29, 0.717) is 17.2 Å². The van der Waals surface area contributed by atoms with Crippen molar-refractivity contribution in [2.24, 2.45) is 0 Å². The Morgan fingerprint density at radius 1 is 1.11 bits per heavy atom. The molecule has 0 bridgehead atoms. The Morgan fingerprint density at radius 2 is 1.79 bits per heavy atom. The first-order valence-electron chi connectivity index (χ1n) is 8.55. The van der Waals surface area contributed by atoms with Crippen molar-refractivity contribution in [1.29, 1.82) is 0 Å². The molecule has 0 aliphatic carbocycles. The number of hydrogen-bond acceptors (Lipinski definition) is 4. The SMILES string of the molecule is Cc1cccc(C)c1OCc1csc(C(=O)Nc2ccc(OC(F)F)cc2)c1. The molecule has 1 amide bonds. The summed E-state index contributed by atoms with van der Waals surface area (Å²) in [4.78, 5) is 12.9. The fraction of sp³-hybridized carbons (Fsp3) is 0.190. The van der Waals surface area contributed by atoms with Gasteiger partial charge in [-0.2, -0.15) is 8.78 Å². The van der Waals surface area contributed by atoms with Crippen molar-refractivity contribution in [3.8, 4) is 11.5 Å². The summed E-state index contributed by atoms with van der Waals surface area (Å²) in [5.41, 5.74) is 3.52. The molecule has 0 aliphatic rings. The van der Waals surface area contributed by atoms with Crippen LogP contribution in [0.1, 0.15) is 26.4 Å². The second kappa shape index (κ2) is 8.84. The maximum Gasteiger partial charge on any atom is 0.387 e. The maximum absolute atomic E-state index is 12.4. The van der Waals surface area contributed by atoms with E-state index in [1.54, 1.807) is 6.07 Å². The Labute approximate surface area is 165 Å². The van der Waals surface area contributed by atoms with Gasteiger partial charge >= 0.3 is 6.61 Å². The van der Waals surface area contributed by atoms with Gasteiger partial charge < -0.3 is 14.8 Å². The predicted octanol–water partition coefficient (Wildman–Crippen LogP) is 5.80. The minimum atomic E-state index is -2.88. The van der Waals surface area contributed by atoms with Crippen molar-refractivity contribution < 1.29 is 23.0 Å². The largest absolute Gasteiger partial charge is 0.488 e. The molecule has 146 valence electrons. The molecule has 4 nitrogen and oxygen atoms in total. The molecule has 0 spiro atoms. The summed E-state index contributed by atoms with van der Waals surface area (Å²) >= 11 is 1.32. The molecule has 0 saturated heterocycles. The summed E-state index contributed by atoms with van der Waals surface area (Å²) in [5, 5.41) is 4.61. The lowest BCUT2D eigenvalue weighted by Crippen LogP contribution is -2.10. The van der Waals surface area contributed by atoms with E-state index in [4.69, 9.17) is 4.74 Å². The van der Waals surface area contributed by atoms with Gasteiger partial charge in [-0.1, -0.05) is 18.2 Å². The van der Waals surface area contributed by atoms with E-state index in [1.807, 2.05) is 37.4 Å². The van der Waals surface area contributed by atoms with Crippen molar-refractivity contribution in [2.75, 3.05) is 5.32 Å². The lowest BCUT2D eigenvalue weighted by Gasteiger charge is -2.11. The van der Waals surface area contributed by atoms with Gasteiger partial charge in [0.1, 0.15) is 18.1 Å². The number of benzene rings is 2. The third-order valence-corrected chi connectivity index (χ3v) is 4.98. The smallest absolute Gasteiger partial charge is 0.387 e. The summed E-state index contributed by atoms with van der Waals surface area (Å²) in [6.45, 7) is 1.48. The number of nitrogens with one attached hydrogen (secondary N) is 1. The number of carbonyl (C=O) groups excluding carboxylic acids is 1. The van der Waals surface area contributed by atoms with Crippen LogP contribution in [0, 0.1) is 13.8 Å². The van der Waals surface area contributed by atoms with Gasteiger partial charge in [0.25, 0.3) is 5.91 Å². The number of hydrogen-bond donors (Lipinski definition) is 1. The number of amides is 1. The van der Waals surface area contributed by atoms with E-state index in [-0.39, 0.29) is 11.7 Å². The fourth-order valence-electron chi connectivity index (χ4n) is 2.67. The number of carbonyl (C=O) groups is 1. The van der Waals surface area contributed by atoms with Crippen molar-refractivity contribution in [1.82, 2.24) is 0 Å². The number of anilines is 1. The van der Waals surface area contributed by atoms with Crippen LogP contribution >= 0.6 is 11.3 Å². The van der Waals surface area contributed by atoms with Crippen molar-refractivity contribution in [3.63, 3.8) is 0 Å². The van der Waals surface area contributed by atoms with Crippen molar-refractivity contribution in [3.05, 3.63) is 75.5 Å². The Kier molecular flexibility index (Phi) is 6.26. The molecule has 0 atom stereocenters. The number of alkyl halides is 2. The fourth-order valence-corrected chi connectivity index (χ4v) is 3.46. The lowest BCUT2D eigenvalue weighted by atomic mass is 10.1. The molecule has 3 rings (SSSR count). The molecule has 2 aromatic carbocycles. The van der Waals surface area contributed by atoms with E-state index < -0.39 is 6.61 Å². The lowest BCUT2D eigenvalue weighted by molar-refractivity contribution is -0.0498. The molecule has 28 heavy (non-hydrogen) atoms. The highest BCUT2D eigenvalue weighted by molar-refractivity contribution is 7.12. The molecule has 7 heteroatoms. The molecule has 1 heterocycles. The molecule has 0 aliphatic heterocycles. The van der Waals surface area contributed by atoms with Crippen molar-refractivity contribution >= 4 is 22.9 Å². The highest BCUT2D eigenvalue weighted by Crippen LogP contribution is 2.25. The minimum Gasteiger partial charge on any atom is -0.488 e. The van der Waals surface area contributed by atoms with Gasteiger partial charge in [0.2, 0.25) is 0 Å². The average molecular weight is 403 g/mol. The topological polar surface area (TPSA) is 47.6 Å². The molecular weight excluding hydrogens is 384 g/mol. The average Bonchev–Trinajstić information content (AvgIpc) is 3.12. The van der Waals surface area contributed by atoms with Gasteiger partial charge in [-0.3, -0.25) is 4.79 Å². The second-order valence-corrected chi connectivity index (χ2v) is 7.10. The van der Waals surface area contributed by atoms with Gasteiger partial charge in [0.15, 0.2) is 0 Å². The Hall–Kier alpha value is -2.93. The highest BCUT2D eigenvalue weighted by Gasteiger charge is 2.11. The molecule has 0 radical (unpaired) electrons. The Balaban J connectivity index is 1.59. The third-order valence-electron chi connectivity index (χ3n) is 4.01. The third kappa shape index (κ3) is 5.07. The Morgan fingerprint density at radius 3 is 2.43 bits per heavy atom. The number of halogens is 2.